The average Bonchev–Trinajstić information content (AvgIpc) is 3.91. The fraction of sp³-hybridized carbons (Fsp3) is 0.810. The summed E-state index contributed by atoms with van der Waals surface area (Å²) in [7, 11) is -6.19. The first-order chi connectivity index (χ1) is 28.0. The molecule has 18 heteroatoms. The molecule has 14 nitrogen and oxygen atoms in total. The fourth-order valence-electron chi connectivity index (χ4n) is 6.26. The number of amides is 1. The molecule has 0 saturated carbocycles. The van der Waals surface area contributed by atoms with Crippen molar-refractivity contribution >= 4 is 51.3 Å². The number of carbonyl (C=O) groups is 3. The molecule has 0 radical (unpaired) electrons. The Morgan fingerprint density at radius 2 is 1.12 bits per heavy atom. The summed E-state index contributed by atoms with van der Waals surface area (Å²) < 4.78 is 48.9. The van der Waals surface area contributed by atoms with E-state index in [1.165, 1.54) is 55.0 Å². The van der Waals surface area contributed by atoms with Gasteiger partial charge in [-0.15, -0.1) is 0 Å². The van der Waals surface area contributed by atoms with E-state index in [0.717, 1.165) is 38.7 Å². The van der Waals surface area contributed by atoms with Gasteiger partial charge in [0.25, 0.3) is 6.26 Å². The zero-order valence-electron chi connectivity index (χ0n) is 39.5. The second-order valence-corrected chi connectivity index (χ2v) is 35.7. The molecule has 2 rings (SSSR count). The number of unbranched alkanes of at least 4 members (excludes halogenated alkanes) is 2. The Labute approximate surface area is 367 Å². The number of ether oxygens (including phenoxy) is 7. The highest BCUT2D eigenvalue weighted by atomic mass is 28.4. The van der Waals surface area contributed by atoms with E-state index in [9.17, 15) is 14.4 Å². The van der Waals surface area contributed by atoms with Gasteiger partial charge in [0.2, 0.25) is 0 Å². The molecular formula is C42H82N2O12Si4. The van der Waals surface area contributed by atoms with Gasteiger partial charge in [0.05, 0.1) is 32.9 Å². The summed E-state index contributed by atoms with van der Waals surface area (Å²) >= 11 is 0. The SMILES string of the molecule is C=C(C)C(=O)OCCN1CC(COCCC[Si](C)(C)O[Si](C)(C)CCCC)OC1=O.C=C(C)C(=O)OCCOC#N.CCCC[Si](C)(C)O[Si](C)(C)CCCOCC1CO1. The van der Waals surface area contributed by atoms with Crippen LogP contribution in [-0.2, 0) is 51.0 Å². The van der Waals surface area contributed by atoms with E-state index in [-0.39, 0.29) is 25.9 Å². The van der Waals surface area contributed by atoms with Gasteiger partial charge >= 0.3 is 18.0 Å². The summed E-state index contributed by atoms with van der Waals surface area (Å²) in [6.45, 7) is 37.8. The lowest BCUT2D eigenvalue weighted by Crippen LogP contribution is -2.44. The van der Waals surface area contributed by atoms with E-state index in [1.807, 2.05) is 0 Å². The van der Waals surface area contributed by atoms with Gasteiger partial charge < -0.3 is 46.3 Å². The van der Waals surface area contributed by atoms with Crippen LogP contribution in [0.25, 0.3) is 0 Å². The highest BCUT2D eigenvalue weighted by Crippen LogP contribution is 2.26. The van der Waals surface area contributed by atoms with Crippen LogP contribution < -0.4 is 0 Å². The Kier molecular flexibility index (Phi) is 29.5. The molecule has 2 atom stereocenters. The number of esters is 2. The molecule has 0 aromatic heterocycles. The average molecular weight is 919 g/mol. The van der Waals surface area contributed by atoms with Crippen molar-refractivity contribution in [1.82, 2.24) is 4.90 Å². The molecule has 0 N–H and O–H groups in total. The molecule has 1 amide bonds. The van der Waals surface area contributed by atoms with Gasteiger partial charge in [0, 0.05) is 24.4 Å². The summed E-state index contributed by atoms with van der Waals surface area (Å²) in [6.07, 6.45) is 8.32. The van der Waals surface area contributed by atoms with Crippen molar-refractivity contribution < 1.29 is 55.8 Å². The van der Waals surface area contributed by atoms with E-state index in [4.69, 9.17) is 37.2 Å². The molecule has 2 aliphatic heterocycles. The Hall–Kier alpha value is -2.35. The molecule has 2 fully saturated rings. The van der Waals surface area contributed by atoms with Gasteiger partial charge in [-0.2, -0.15) is 5.26 Å². The fourth-order valence-corrected chi connectivity index (χ4v) is 24.3. The summed E-state index contributed by atoms with van der Waals surface area (Å²) in [5.41, 5.74) is 0.677. The third-order valence-corrected chi connectivity index (χ3v) is 24.3. The largest absolute Gasteiger partial charge is 0.460 e. The predicted octanol–water partition coefficient (Wildman–Crippen LogP) is 9.18. The number of epoxide rings is 1. The molecular weight excluding hydrogens is 837 g/mol. The molecule has 0 spiro atoms. The van der Waals surface area contributed by atoms with E-state index >= 15 is 0 Å². The molecule has 0 aliphatic carbocycles. The van der Waals surface area contributed by atoms with Crippen LogP contribution in [0.5, 0.6) is 0 Å². The van der Waals surface area contributed by atoms with Crippen LogP contribution >= 0.6 is 0 Å². The Balaban J connectivity index is 0.000000984. The maximum Gasteiger partial charge on any atom is 0.410 e. The second kappa shape index (κ2) is 30.7. The minimum absolute atomic E-state index is 0.0826. The van der Waals surface area contributed by atoms with Gasteiger partial charge in [-0.3, -0.25) is 0 Å². The van der Waals surface area contributed by atoms with Crippen LogP contribution in [-0.4, -0.2) is 134 Å². The zero-order valence-corrected chi connectivity index (χ0v) is 43.5. The van der Waals surface area contributed by atoms with Gasteiger partial charge in [-0.1, -0.05) is 52.7 Å². The topological polar surface area (TPSA) is 165 Å². The van der Waals surface area contributed by atoms with Gasteiger partial charge in [0.15, 0.2) is 33.3 Å². The third-order valence-electron chi connectivity index (χ3n) is 9.24. The number of rotatable bonds is 30. The second-order valence-electron chi connectivity index (χ2n) is 18.0. The van der Waals surface area contributed by atoms with E-state index in [1.54, 1.807) is 13.8 Å². The number of hydrogen-bond acceptors (Lipinski definition) is 13. The molecule has 0 bridgehead atoms. The number of hydrogen-bond donors (Lipinski definition) is 0. The Morgan fingerprint density at radius 1 is 0.700 bits per heavy atom. The van der Waals surface area contributed by atoms with Crippen molar-refractivity contribution in [3.63, 3.8) is 0 Å². The first-order valence-electron chi connectivity index (χ1n) is 21.8. The number of nitriles is 1. The minimum Gasteiger partial charge on any atom is -0.460 e. The highest BCUT2D eigenvalue weighted by molar-refractivity contribution is 6.85. The summed E-state index contributed by atoms with van der Waals surface area (Å²) in [4.78, 5) is 35.5. The zero-order chi connectivity index (χ0) is 45.8. The lowest BCUT2D eigenvalue weighted by Gasteiger charge is -2.34. The molecule has 60 heavy (non-hydrogen) atoms. The van der Waals surface area contributed by atoms with E-state index in [2.05, 4.69) is 88.9 Å². The normalized spacial score (nSPS) is 16.3. The van der Waals surface area contributed by atoms with Crippen molar-refractivity contribution in [2.24, 2.45) is 0 Å². The van der Waals surface area contributed by atoms with Gasteiger partial charge in [0.1, 0.15) is 32.0 Å². The lowest BCUT2D eigenvalue weighted by molar-refractivity contribution is -0.140. The lowest BCUT2D eigenvalue weighted by atomic mass is 10.3. The first kappa shape index (κ1) is 57.6. The maximum absolute atomic E-state index is 11.9. The van der Waals surface area contributed by atoms with Crippen molar-refractivity contribution in [1.29, 1.82) is 5.26 Å². The summed E-state index contributed by atoms with van der Waals surface area (Å²) in [5.74, 6) is -0.916. The third kappa shape index (κ3) is 31.5. The van der Waals surface area contributed by atoms with E-state index < -0.39 is 51.3 Å². The molecule has 2 heterocycles. The smallest absolute Gasteiger partial charge is 0.410 e. The Morgan fingerprint density at radius 3 is 1.52 bits per heavy atom. The van der Waals surface area contributed by atoms with Crippen LogP contribution in [0, 0.1) is 11.5 Å². The van der Waals surface area contributed by atoms with Crippen molar-refractivity contribution in [2.45, 2.75) is 155 Å². The number of carbonyl (C=O) groups excluding carboxylic acids is 3. The quantitative estimate of drug-likeness (QED) is 0.0128. The van der Waals surface area contributed by atoms with Crippen molar-refractivity contribution in [2.75, 3.05) is 65.9 Å². The Bertz CT molecular complexity index is 1320. The van der Waals surface area contributed by atoms with Crippen LogP contribution in [0.3, 0.4) is 0 Å². The van der Waals surface area contributed by atoms with Gasteiger partial charge in [-0.25, -0.2) is 14.4 Å². The first-order valence-corrected chi connectivity index (χ1v) is 34.2. The molecule has 2 saturated heterocycles. The van der Waals surface area contributed by atoms with Crippen LogP contribution in [0.15, 0.2) is 24.3 Å². The van der Waals surface area contributed by atoms with Crippen molar-refractivity contribution in [3.8, 4) is 6.26 Å². The van der Waals surface area contributed by atoms with E-state index in [0.29, 0.717) is 43.6 Å². The highest BCUT2D eigenvalue weighted by Gasteiger charge is 2.34. The molecule has 2 aliphatic rings. The standard InChI is InChI=1S/C21H41NO6Si2.C14H32O3Si2.C7H9NO3/c1-8-9-14-29(4,5)28-30(6,7)15-10-12-25-17-19-16-22(21(24)27-19)11-13-26-20(23)18(2)3;1-6-7-10-18(2,3)17-19(4,5)11-8-9-15-12-14-13-16-14;1-6(2)7(9)11-4-3-10-5-8/h19H,2,8-17H2,1,3-7H3;14H,6-13H2,1-5H3;1,3-4H2,2H3. The number of cyclic esters (lactones) is 1. The summed E-state index contributed by atoms with van der Waals surface area (Å²) in [5, 5.41) is 7.91. The van der Waals surface area contributed by atoms with Crippen LogP contribution in [0.4, 0.5) is 4.79 Å². The maximum atomic E-state index is 11.9. The molecule has 348 valence electrons. The molecule has 0 aromatic rings. The monoisotopic (exact) mass is 918 g/mol. The molecule has 0 aromatic carbocycles. The van der Waals surface area contributed by atoms with Crippen LogP contribution in [0.2, 0.25) is 76.6 Å². The summed E-state index contributed by atoms with van der Waals surface area (Å²) in [6, 6.07) is 4.81. The minimum atomic E-state index is -1.68. The predicted molar refractivity (Wildman–Crippen MR) is 247 cm³/mol. The molecule has 2 unspecified atom stereocenters. The van der Waals surface area contributed by atoms with Crippen LogP contribution in [0.1, 0.15) is 66.2 Å². The van der Waals surface area contributed by atoms with Gasteiger partial charge in [-0.05, 0) is 103 Å². The van der Waals surface area contributed by atoms with Crippen molar-refractivity contribution in [3.05, 3.63) is 24.3 Å². The number of nitrogens with zero attached hydrogens (tertiary/aromatic N) is 2.